The first-order chi connectivity index (χ1) is 18.8. The van der Waals surface area contributed by atoms with E-state index in [1.54, 1.807) is 11.0 Å². The largest absolute Gasteiger partial charge is 0.355 e. The summed E-state index contributed by atoms with van der Waals surface area (Å²) in [5.74, 6) is 2.27. The summed E-state index contributed by atoms with van der Waals surface area (Å²) in [4.78, 5) is 54.5. The fourth-order valence-electron chi connectivity index (χ4n) is 8.36. The van der Waals surface area contributed by atoms with E-state index >= 15 is 0 Å². The highest BCUT2D eigenvalue weighted by Crippen LogP contribution is 2.57. The van der Waals surface area contributed by atoms with E-state index in [1.807, 2.05) is 12.1 Å². The van der Waals surface area contributed by atoms with Crippen molar-refractivity contribution in [3.05, 3.63) is 29.3 Å². The molecular formula is C30H40N4O4S. The van der Waals surface area contributed by atoms with Gasteiger partial charge in [0.2, 0.25) is 17.7 Å². The first-order valence-electron chi connectivity index (χ1n) is 14.7. The lowest BCUT2D eigenvalue weighted by atomic mass is 9.52. The van der Waals surface area contributed by atoms with Gasteiger partial charge in [-0.1, -0.05) is 6.07 Å². The Kier molecular flexibility index (Phi) is 7.48. The van der Waals surface area contributed by atoms with Crippen molar-refractivity contribution in [1.29, 1.82) is 0 Å². The minimum absolute atomic E-state index is 0.00149. The van der Waals surface area contributed by atoms with Crippen LogP contribution >= 0.6 is 11.8 Å². The van der Waals surface area contributed by atoms with Crippen LogP contribution in [0.2, 0.25) is 0 Å². The number of carbonyl (C=O) groups is 4. The maximum Gasteiger partial charge on any atom is 0.255 e. The number of carbonyl (C=O) groups excluding carboxylic acids is 4. The maximum atomic E-state index is 13.0. The Morgan fingerprint density at radius 2 is 1.82 bits per heavy atom. The summed E-state index contributed by atoms with van der Waals surface area (Å²) >= 11 is 1.43. The average molecular weight is 553 g/mol. The first kappa shape index (κ1) is 26.8. The van der Waals surface area contributed by atoms with Gasteiger partial charge in [0, 0.05) is 35.5 Å². The number of nitrogens with one attached hydrogen (secondary N) is 2. The van der Waals surface area contributed by atoms with Crippen molar-refractivity contribution < 1.29 is 19.2 Å². The van der Waals surface area contributed by atoms with E-state index in [0.29, 0.717) is 30.6 Å². The molecule has 1 aromatic rings. The topological polar surface area (TPSA) is 98.8 Å². The molecule has 0 radical (unpaired) electrons. The van der Waals surface area contributed by atoms with Gasteiger partial charge < -0.3 is 15.1 Å². The predicted molar refractivity (Wildman–Crippen MR) is 149 cm³/mol. The normalized spacial score (nSPS) is 31.1. The molecule has 7 rings (SSSR count). The smallest absolute Gasteiger partial charge is 0.255 e. The number of benzene rings is 1. The third-order valence-corrected chi connectivity index (χ3v) is 11.1. The molecule has 0 spiro atoms. The van der Waals surface area contributed by atoms with Gasteiger partial charge in [-0.3, -0.25) is 24.5 Å². The number of imide groups is 1. The van der Waals surface area contributed by atoms with E-state index in [1.165, 1.54) is 50.3 Å². The molecule has 2 heterocycles. The molecule has 0 aromatic heterocycles. The number of nitrogens with zero attached hydrogens (tertiary/aromatic N) is 2. The number of hydrogen-bond donors (Lipinski definition) is 2. The molecule has 210 valence electrons. The summed E-state index contributed by atoms with van der Waals surface area (Å²) in [5.41, 5.74) is 1.88. The van der Waals surface area contributed by atoms with Crippen molar-refractivity contribution in [3.63, 3.8) is 0 Å². The Bertz CT molecular complexity index is 1130. The van der Waals surface area contributed by atoms with Crippen LogP contribution in [-0.2, 0) is 20.9 Å². The second-order valence-electron chi connectivity index (χ2n) is 12.6. The summed E-state index contributed by atoms with van der Waals surface area (Å²) in [6, 6.07) is 4.89. The Labute approximate surface area is 235 Å². The van der Waals surface area contributed by atoms with E-state index in [0.717, 1.165) is 47.6 Å². The van der Waals surface area contributed by atoms with Crippen molar-refractivity contribution in [2.24, 2.45) is 17.8 Å². The van der Waals surface area contributed by atoms with E-state index in [2.05, 4.69) is 22.6 Å². The van der Waals surface area contributed by atoms with Gasteiger partial charge in [0.1, 0.15) is 6.04 Å². The molecule has 4 saturated carbocycles. The van der Waals surface area contributed by atoms with Gasteiger partial charge in [0.05, 0.1) is 5.75 Å². The Morgan fingerprint density at radius 1 is 1.10 bits per heavy atom. The highest BCUT2D eigenvalue weighted by atomic mass is 32.2. The van der Waals surface area contributed by atoms with Crippen LogP contribution in [0.4, 0.5) is 0 Å². The molecule has 4 bridgehead atoms. The van der Waals surface area contributed by atoms with E-state index < -0.39 is 11.9 Å². The van der Waals surface area contributed by atoms with Gasteiger partial charge in [0.25, 0.3) is 5.91 Å². The Balaban J connectivity index is 0.938. The number of rotatable bonds is 10. The molecule has 6 aliphatic rings. The molecule has 1 atom stereocenters. The molecule has 4 aliphatic carbocycles. The van der Waals surface area contributed by atoms with Crippen LogP contribution in [0.3, 0.4) is 0 Å². The van der Waals surface area contributed by atoms with Gasteiger partial charge in [-0.25, -0.2) is 0 Å². The van der Waals surface area contributed by atoms with Crippen LogP contribution in [0.15, 0.2) is 23.1 Å². The SMILES string of the molecule is CN(CCCCNC(=O)CSc1cccc2c1CN(C1CCC(=O)NC1=O)C2=O)C12CC3CC(CC(C3)C1)C2. The second kappa shape index (κ2) is 10.9. The van der Waals surface area contributed by atoms with Crippen molar-refractivity contribution in [3.8, 4) is 0 Å². The number of thioether (sulfide) groups is 1. The van der Waals surface area contributed by atoms with Gasteiger partial charge >= 0.3 is 0 Å². The number of amides is 4. The molecule has 39 heavy (non-hydrogen) atoms. The summed E-state index contributed by atoms with van der Waals surface area (Å²) in [6.07, 6.45) is 11.2. The summed E-state index contributed by atoms with van der Waals surface area (Å²) in [5, 5.41) is 5.41. The Hall–Kier alpha value is -2.39. The monoisotopic (exact) mass is 552 g/mol. The van der Waals surface area contributed by atoms with Crippen LogP contribution in [0.25, 0.3) is 0 Å². The molecule has 9 heteroatoms. The number of hydrogen-bond acceptors (Lipinski definition) is 6. The average Bonchev–Trinajstić information content (AvgIpc) is 3.23. The molecule has 4 amide bonds. The maximum absolute atomic E-state index is 13.0. The van der Waals surface area contributed by atoms with Crippen LogP contribution in [0, 0.1) is 17.8 Å². The van der Waals surface area contributed by atoms with E-state index in [9.17, 15) is 19.2 Å². The quantitative estimate of drug-likeness (QED) is 0.263. The third kappa shape index (κ3) is 5.36. The predicted octanol–water partition coefficient (Wildman–Crippen LogP) is 3.34. The van der Waals surface area contributed by atoms with Gasteiger partial charge in [-0.2, -0.15) is 0 Å². The van der Waals surface area contributed by atoms with Gasteiger partial charge in [-0.05, 0) is 107 Å². The molecule has 5 fully saturated rings. The molecule has 2 aliphatic heterocycles. The third-order valence-electron chi connectivity index (χ3n) is 9.96. The van der Waals surface area contributed by atoms with Crippen LogP contribution in [0.1, 0.15) is 80.1 Å². The van der Waals surface area contributed by atoms with Crippen LogP contribution in [0.5, 0.6) is 0 Å². The second-order valence-corrected chi connectivity index (χ2v) is 13.6. The zero-order valence-corrected chi connectivity index (χ0v) is 23.7. The van der Waals surface area contributed by atoms with E-state index in [-0.39, 0.29) is 29.9 Å². The lowest BCUT2D eigenvalue weighted by molar-refractivity contribution is -0.137. The summed E-state index contributed by atoms with van der Waals surface area (Å²) in [7, 11) is 2.33. The lowest BCUT2D eigenvalue weighted by Crippen LogP contribution is -2.59. The van der Waals surface area contributed by atoms with Crippen LogP contribution in [-0.4, -0.2) is 70.9 Å². The van der Waals surface area contributed by atoms with Crippen molar-refractivity contribution in [2.45, 2.75) is 87.2 Å². The summed E-state index contributed by atoms with van der Waals surface area (Å²) < 4.78 is 0. The molecule has 1 saturated heterocycles. The zero-order valence-electron chi connectivity index (χ0n) is 22.9. The molecule has 8 nitrogen and oxygen atoms in total. The standard InChI is InChI=1S/C30H40N4O4S/c1-33(30-14-19-11-20(15-30)13-21(12-19)16-30)10-3-2-9-31-27(36)18-39-25-6-4-5-22-23(25)17-34(29(22)38)24-7-8-26(35)32-28(24)37/h4-6,19-21,24H,2-3,7-18H2,1H3,(H,31,36)(H,32,35,37). The van der Waals surface area contributed by atoms with Crippen molar-refractivity contribution in [2.75, 3.05) is 25.9 Å². The van der Waals surface area contributed by atoms with E-state index in [4.69, 9.17) is 0 Å². The molecule has 1 unspecified atom stereocenters. The van der Waals surface area contributed by atoms with Crippen molar-refractivity contribution in [1.82, 2.24) is 20.4 Å². The highest BCUT2D eigenvalue weighted by molar-refractivity contribution is 8.00. The Morgan fingerprint density at radius 3 is 2.51 bits per heavy atom. The number of unbranched alkanes of at least 4 members (excludes halogenated alkanes) is 1. The fraction of sp³-hybridized carbons (Fsp3) is 0.667. The van der Waals surface area contributed by atoms with Gasteiger partial charge in [0.15, 0.2) is 0 Å². The highest BCUT2D eigenvalue weighted by Gasteiger charge is 2.52. The zero-order chi connectivity index (χ0) is 27.1. The minimum atomic E-state index is -0.634. The molecule has 1 aromatic carbocycles. The van der Waals surface area contributed by atoms with Crippen molar-refractivity contribution >= 4 is 35.4 Å². The van der Waals surface area contributed by atoms with Crippen LogP contribution < -0.4 is 10.6 Å². The minimum Gasteiger partial charge on any atom is -0.355 e. The first-order valence-corrected chi connectivity index (χ1v) is 15.7. The molecule has 2 N–H and O–H groups in total. The fourth-order valence-corrected chi connectivity index (χ4v) is 9.27. The number of piperidine rings is 1. The molecular weight excluding hydrogens is 512 g/mol. The lowest BCUT2D eigenvalue weighted by Gasteiger charge is -2.60. The summed E-state index contributed by atoms with van der Waals surface area (Å²) in [6.45, 7) is 2.11. The van der Waals surface area contributed by atoms with Gasteiger partial charge in [-0.15, -0.1) is 11.8 Å². The number of fused-ring (bicyclic) bond motifs is 1.